The van der Waals surface area contributed by atoms with Gasteiger partial charge in [-0.3, -0.25) is 9.78 Å². The lowest BCUT2D eigenvalue weighted by Gasteiger charge is -2.51. The van der Waals surface area contributed by atoms with E-state index in [1.54, 1.807) is 0 Å². The van der Waals surface area contributed by atoms with Gasteiger partial charge in [0.25, 0.3) is 0 Å². The number of fused-ring (bicyclic) bond motifs is 4. The van der Waals surface area contributed by atoms with Crippen molar-refractivity contribution < 1.29 is 14.6 Å². The topological polar surface area (TPSA) is 59.4 Å². The fraction of sp³-hybridized carbons (Fsp3) is 0.677. The normalized spacial score (nSPS) is 25.7. The molecule has 4 fully saturated rings. The predicted molar refractivity (Wildman–Crippen MR) is 145 cm³/mol. The van der Waals surface area contributed by atoms with Crippen molar-refractivity contribution in [3.05, 3.63) is 36.0 Å². The van der Waals surface area contributed by atoms with Crippen LogP contribution in [0, 0.1) is 10.8 Å². The van der Waals surface area contributed by atoms with Crippen LogP contribution in [0.1, 0.15) is 117 Å². The van der Waals surface area contributed by atoms with E-state index in [-0.39, 0.29) is 5.41 Å². The van der Waals surface area contributed by atoms with Crippen molar-refractivity contribution in [1.29, 1.82) is 0 Å². The summed E-state index contributed by atoms with van der Waals surface area (Å²) in [6.07, 6.45) is 16.5. The second-order valence-electron chi connectivity index (χ2n) is 11.0. The van der Waals surface area contributed by atoms with Gasteiger partial charge in [0.05, 0.1) is 17.0 Å². The van der Waals surface area contributed by atoms with Gasteiger partial charge in [0.2, 0.25) is 0 Å². The van der Waals surface area contributed by atoms with Gasteiger partial charge in [-0.2, -0.15) is 0 Å². The van der Waals surface area contributed by atoms with Crippen LogP contribution in [0.5, 0.6) is 5.75 Å². The number of pyridine rings is 1. The molecule has 0 spiro atoms. The molecule has 194 valence electrons. The van der Waals surface area contributed by atoms with E-state index in [0.717, 1.165) is 61.9 Å². The Bertz CT molecular complexity index is 923. The second-order valence-corrected chi connectivity index (χ2v) is 11.0. The molecular weight excluding hydrogens is 434 g/mol. The molecule has 6 rings (SSSR count). The Labute approximate surface area is 212 Å². The van der Waals surface area contributed by atoms with Crippen LogP contribution in [0.15, 0.2) is 30.3 Å². The maximum atomic E-state index is 11.1. The lowest BCUT2D eigenvalue weighted by molar-refractivity contribution is -0.159. The van der Waals surface area contributed by atoms with Crippen LogP contribution in [0.4, 0.5) is 0 Å². The Morgan fingerprint density at radius 2 is 1.57 bits per heavy atom. The second kappa shape index (κ2) is 12.7. The average molecular weight is 482 g/mol. The molecule has 0 saturated heterocycles. The molecule has 4 nitrogen and oxygen atoms in total. The number of hydrogen-bond donors (Lipinski definition) is 1. The fourth-order valence-corrected chi connectivity index (χ4v) is 5.91. The van der Waals surface area contributed by atoms with E-state index in [4.69, 9.17) is 4.74 Å². The molecule has 1 aromatic carbocycles. The first kappa shape index (κ1) is 27.5. The van der Waals surface area contributed by atoms with Crippen LogP contribution in [0.2, 0.25) is 0 Å². The van der Waals surface area contributed by atoms with Crippen molar-refractivity contribution in [3.8, 4) is 5.75 Å². The van der Waals surface area contributed by atoms with Crippen molar-refractivity contribution in [1.82, 2.24) is 4.98 Å². The maximum absolute atomic E-state index is 11.1. The van der Waals surface area contributed by atoms with E-state index < -0.39 is 5.97 Å². The molecule has 4 aliphatic rings. The number of carboxylic acid groups (broad SMARTS) is 1. The number of hydrogen-bond acceptors (Lipinski definition) is 3. The van der Waals surface area contributed by atoms with Gasteiger partial charge in [-0.15, -0.1) is 0 Å². The highest BCUT2D eigenvalue weighted by atomic mass is 16.5. The number of aliphatic carboxylic acids is 1. The molecule has 0 aliphatic heterocycles. The molecule has 4 heteroatoms. The highest BCUT2D eigenvalue weighted by Gasteiger charge is 2.51. The van der Waals surface area contributed by atoms with Crippen molar-refractivity contribution in [2.75, 3.05) is 0 Å². The summed E-state index contributed by atoms with van der Waals surface area (Å²) in [6.45, 7) is 8.63. The van der Waals surface area contributed by atoms with E-state index in [9.17, 15) is 9.90 Å². The molecule has 4 saturated carbocycles. The molecule has 0 atom stereocenters. The first-order chi connectivity index (χ1) is 16.9. The van der Waals surface area contributed by atoms with E-state index in [0.29, 0.717) is 11.5 Å². The van der Waals surface area contributed by atoms with Gasteiger partial charge in [0.15, 0.2) is 0 Å². The largest absolute Gasteiger partial charge is 0.490 e. The third kappa shape index (κ3) is 6.98. The number of benzene rings is 1. The van der Waals surface area contributed by atoms with Crippen LogP contribution in [0.25, 0.3) is 10.9 Å². The zero-order valence-corrected chi connectivity index (χ0v) is 22.6. The van der Waals surface area contributed by atoms with Gasteiger partial charge in [0, 0.05) is 11.1 Å². The van der Waals surface area contributed by atoms with Crippen LogP contribution >= 0.6 is 0 Å². The number of carboxylic acids is 1. The van der Waals surface area contributed by atoms with Gasteiger partial charge in [-0.1, -0.05) is 53.0 Å². The summed E-state index contributed by atoms with van der Waals surface area (Å²) in [6, 6.07) is 10.5. The zero-order valence-electron chi connectivity index (χ0n) is 22.6. The van der Waals surface area contributed by atoms with Crippen LogP contribution in [-0.4, -0.2) is 22.2 Å². The standard InChI is InChI=1S/C17H21NO.C11H18O2.C3H8/c1-2-14-9-8-13-12-16(10-11-17(13)18-14)19-15-6-4-3-5-7-15;1-2-10-3-6-11(7-4-10,8-5-10)9(12)13;1-3-2/h8-12,15H,2-7H2,1H3;2-8H2,1H3,(H,12,13);3H2,1-2H3. The smallest absolute Gasteiger partial charge is 0.309 e. The predicted octanol–water partition coefficient (Wildman–Crippen LogP) is 8.75. The van der Waals surface area contributed by atoms with Crippen LogP contribution < -0.4 is 4.74 Å². The molecule has 35 heavy (non-hydrogen) atoms. The first-order valence-electron chi connectivity index (χ1n) is 14.2. The molecule has 0 radical (unpaired) electrons. The highest BCUT2D eigenvalue weighted by molar-refractivity contribution is 5.80. The zero-order chi connectivity index (χ0) is 25.3. The lowest BCUT2D eigenvalue weighted by atomic mass is 9.53. The Morgan fingerprint density at radius 1 is 0.943 bits per heavy atom. The minimum atomic E-state index is -0.545. The van der Waals surface area contributed by atoms with Crippen molar-refractivity contribution in [3.63, 3.8) is 0 Å². The van der Waals surface area contributed by atoms with E-state index >= 15 is 0 Å². The van der Waals surface area contributed by atoms with Crippen molar-refractivity contribution in [2.45, 2.75) is 124 Å². The van der Waals surface area contributed by atoms with Gasteiger partial charge < -0.3 is 9.84 Å². The number of carbonyl (C=O) groups is 1. The summed E-state index contributed by atoms with van der Waals surface area (Å²) < 4.78 is 6.09. The summed E-state index contributed by atoms with van der Waals surface area (Å²) in [4.78, 5) is 15.8. The molecule has 0 amide bonds. The Balaban J connectivity index is 0.000000186. The summed E-state index contributed by atoms with van der Waals surface area (Å²) in [5.74, 6) is 0.447. The van der Waals surface area contributed by atoms with E-state index in [1.165, 1.54) is 50.3 Å². The summed E-state index contributed by atoms with van der Waals surface area (Å²) >= 11 is 0. The molecular formula is C31H47NO3. The number of nitrogens with zero attached hydrogens (tertiary/aromatic N) is 1. The fourth-order valence-electron chi connectivity index (χ4n) is 5.91. The molecule has 4 aliphatic carbocycles. The summed E-state index contributed by atoms with van der Waals surface area (Å²) in [5.41, 5.74) is 2.41. The quantitative estimate of drug-likeness (QED) is 0.464. The van der Waals surface area contributed by atoms with E-state index in [2.05, 4.69) is 63.0 Å². The van der Waals surface area contributed by atoms with Gasteiger partial charge in [-0.25, -0.2) is 0 Å². The number of aromatic nitrogens is 1. The number of aryl methyl sites for hydroxylation is 1. The lowest BCUT2D eigenvalue weighted by Crippen LogP contribution is -2.45. The third-order valence-corrected chi connectivity index (χ3v) is 8.54. The number of ether oxygens (including phenoxy) is 1. The minimum absolute atomic E-state index is 0.322. The molecule has 1 aromatic heterocycles. The molecule has 1 N–H and O–H groups in total. The Hall–Kier alpha value is -2.10. The molecule has 0 unspecified atom stereocenters. The monoisotopic (exact) mass is 481 g/mol. The van der Waals surface area contributed by atoms with Crippen LogP contribution in [0.3, 0.4) is 0 Å². The van der Waals surface area contributed by atoms with Crippen molar-refractivity contribution in [2.24, 2.45) is 10.8 Å². The average Bonchev–Trinajstić information content (AvgIpc) is 2.91. The van der Waals surface area contributed by atoms with Gasteiger partial charge in [0.1, 0.15) is 5.75 Å². The van der Waals surface area contributed by atoms with Gasteiger partial charge in [-0.05, 0) is 100 Å². The summed E-state index contributed by atoms with van der Waals surface area (Å²) in [7, 11) is 0. The maximum Gasteiger partial charge on any atom is 0.309 e. The molecule has 2 aromatic rings. The van der Waals surface area contributed by atoms with E-state index in [1.807, 2.05) is 0 Å². The molecule has 2 bridgehead atoms. The number of rotatable bonds is 5. The molecule has 1 heterocycles. The third-order valence-electron chi connectivity index (χ3n) is 8.54. The Morgan fingerprint density at radius 3 is 2.11 bits per heavy atom. The van der Waals surface area contributed by atoms with Crippen molar-refractivity contribution >= 4 is 16.9 Å². The first-order valence-corrected chi connectivity index (χ1v) is 14.2. The Kier molecular flexibility index (Phi) is 10.0. The van der Waals surface area contributed by atoms with Crippen LogP contribution in [-0.2, 0) is 11.2 Å². The highest BCUT2D eigenvalue weighted by Crippen LogP contribution is 2.58. The van der Waals surface area contributed by atoms with Gasteiger partial charge >= 0.3 is 5.97 Å². The minimum Gasteiger partial charge on any atom is -0.490 e. The summed E-state index contributed by atoms with van der Waals surface area (Å²) in [5, 5.41) is 10.3. The SMILES string of the molecule is CCC.CCC12CCC(C(=O)O)(CC1)CC2.CCc1ccc2cc(OC3CCCCC3)ccc2n1.